The summed E-state index contributed by atoms with van der Waals surface area (Å²) in [7, 11) is 0. The largest absolute Gasteiger partial charge is 0.382 e. The molecule has 2 aromatic rings. The van der Waals surface area contributed by atoms with Crippen molar-refractivity contribution in [3.05, 3.63) is 12.7 Å². The van der Waals surface area contributed by atoms with Crippen molar-refractivity contribution in [2.45, 2.75) is 67.7 Å². The molecule has 29 heavy (non-hydrogen) atoms. The summed E-state index contributed by atoms with van der Waals surface area (Å²) < 4.78 is 7.92. The molecule has 0 radical (unpaired) electrons. The van der Waals surface area contributed by atoms with Crippen molar-refractivity contribution in [3.63, 3.8) is 0 Å². The molecule has 2 aromatic heterocycles. The number of likely N-dealkylation sites (tertiary alicyclic amines) is 1. The molecule has 4 aliphatic rings. The van der Waals surface area contributed by atoms with Crippen LogP contribution < -0.4 is 11.1 Å². The van der Waals surface area contributed by atoms with E-state index >= 15 is 0 Å². The van der Waals surface area contributed by atoms with Crippen LogP contribution in [0, 0.1) is 0 Å². The number of hydrogen-bond acceptors (Lipinski definition) is 9. The zero-order valence-electron chi connectivity index (χ0n) is 16.5. The van der Waals surface area contributed by atoms with E-state index in [1.54, 1.807) is 17.8 Å². The molecular formula is C19H27N7O3. The Hall–Kier alpha value is -1.85. The number of aromatic nitrogens is 4. The molecule has 5 heterocycles. The van der Waals surface area contributed by atoms with Gasteiger partial charge in [-0.3, -0.25) is 9.47 Å². The molecular weight excluding hydrogens is 374 g/mol. The second-order valence-corrected chi connectivity index (χ2v) is 9.18. The quantitative estimate of drug-likeness (QED) is 0.520. The fraction of sp³-hybridized carbons (Fsp3) is 0.737. The summed E-state index contributed by atoms with van der Waals surface area (Å²) >= 11 is 0. The van der Waals surface area contributed by atoms with Gasteiger partial charge in [0.2, 0.25) is 0 Å². The maximum atomic E-state index is 11.6. The van der Waals surface area contributed by atoms with E-state index in [9.17, 15) is 10.2 Å². The van der Waals surface area contributed by atoms with E-state index in [0.29, 0.717) is 11.2 Å². The number of anilines is 1. The van der Waals surface area contributed by atoms with Crippen molar-refractivity contribution in [3.8, 4) is 0 Å². The van der Waals surface area contributed by atoms with Crippen LogP contribution in [0.3, 0.4) is 0 Å². The first-order valence-corrected chi connectivity index (χ1v) is 10.4. The Morgan fingerprint density at radius 1 is 1.21 bits per heavy atom. The van der Waals surface area contributed by atoms with Gasteiger partial charge in [-0.25, -0.2) is 15.0 Å². The lowest BCUT2D eigenvalue weighted by Crippen LogP contribution is -2.57. The molecule has 1 aliphatic carbocycles. The fourth-order valence-electron chi connectivity index (χ4n) is 6.16. The predicted octanol–water partition coefficient (Wildman–Crippen LogP) is -0.612. The molecule has 0 bridgehead atoms. The highest BCUT2D eigenvalue weighted by atomic mass is 16.6. The maximum absolute atomic E-state index is 11.6. The number of hydrogen-bond donors (Lipinski definition) is 4. The Labute approximate surface area is 168 Å². The van der Waals surface area contributed by atoms with Gasteiger partial charge in [-0.1, -0.05) is 0 Å². The number of nitrogens with two attached hydrogens (primary N) is 1. The van der Waals surface area contributed by atoms with E-state index in [4.69, 9.17) is 10.5 Å². The number of rotatable bonds is 2. The lowest BCUT2D eigenvalue weighted by Gasteiger charge is -2.44. The van der Waals surface area contributed by atoms with Crippen molar-refractivity contribution in [1.82, 2.24) is 29.7 Å². The van der Waals surface area contributed by atoms with Crippen LogP contribution in [-0.2, 0) is 4.74 Å². The summed E-state index contributed by atoms with van der Waals surface area (Å²) in [5.74, 6) is 0.276. The number of imidazole rings is 1. The summed E-state index contributed by atoms with van der Waals surface area (Å²) in [5.41, 5.74) is 4.13. The van der Waals surface area contributed by atoms with Crippen molar-refractivity contribution in [2.24, 2.45) is 0 Å². The van der Waals surface area contributed by atoms with Gasteiger partial charge in [0.15, 0.2) is 17.7 Å². The first-order valence-electron chi connectivity index (χ1n) is 10.4. The number of ether oxygens (including phenoxy) is 1. The van der Waals surface area contributed by atoms with Gasteiger partial charge in [0.05, 0.1) is 12.4 Å². The van der Waals surface area contributed by atoms with Gasteiger partial charge in [0, 0.05) is 5.54 Å². The van der Waals surface area contributed by atoms with Gasteiger partial charge >= 0.3 is 0 Å². The van der Waals surface area contributed by atoms with E-state index in [0.717, 1.165) is 45.3 Å². The van der Waals surface area contributed by atoms with Crippen molar-refractivity contribution in [1.29, 1.82) is 0 Å². The van der Waals surface area contributed by atoms with Crippen LogP contribution in [0.4, 0.5) is 5.82 Å². The molecule has 3 saturated heterocycles. The summed E-state index contributed by atoms with van der Waals surface area (Å²) in [5, 5.41) is 26.5. The molecule has 1 saturated carbocycles. The minimum atomic E-state index is -1.49. The van der Waals surface area contributed by atoms with Gasteiger partial charge in [0.1, 0.15) is 29.2 Å². The number of piperidine rings is 1. The molecule has 6 rings (SSSR count). The Balaban J connectivity index is 1.33. The van der Waals surface area contributed by atoms with Gasteiger partial charge in [0.25, 0.3) is 0 Å². The first kappa shape index (κ1) is 18.0. The summed E-state index contributed by atoms with van der Waals surface area (Å²) in [4.78, 5) is 14.9. The van der Waals surface area contributed by atoms with E-state index < -0.39 is 23.5 Å². The van der Waals surface area contributed by atoms with Crippen LogP contribution in [0.15, 0.2) is 12.7 Å². The second-order valence-electron chi connectivity index (χ2n) is 9.18. The van der Waals surface area contributed by atoms with Crippen LogP contribution in [0.1, 0.15) is 38.8 Å². The summed E-state index contributed by atoms with van der Waals surface area (Å²) in [6.07, 6.45) is 6.07. The molecule has 1 unspecified atom stereocenters. The van der Waals surface area contributed by atoms with E-state index in [1.165, 1.54) is 6.33 Å². The van der Waals surface area contributed by atoms with Crippen LogP contribution in [0.5, 0.6) is 0 Å². The third-order valence-corrected chi connectivity index (χ3v) is 7.79. The predicted molar refractivity (Wildman–Crippen MR) is 104 cm³/mol. The summed E-state index contributed by atoms with van der Waals surface area (Å²) in [6.45, 7) is 4.58. The summed E-state index contributed by atoms with van der Waals surface area (Å²) in [6, 6.07) is -0.191. The average Bonchev–Trinajstić information content (AvgIpc) is 3.03. The SMILES string of the molecule is C[C@]1(O)[C@H](n2cnc3c(N)ncnc32)O[C@@H]2C(N3CCCC34CCNCC4)[C@@]21O. The van der Waals surface area contributed by atoms with Gasteiger partial charge in [-0.15, -0.1) is 0 Å². The van der Waals surface area contributed by atoms with Crippen molar-refractivity contribution < 1.29 is 14.9 Å². The maximum Gasteiger partial charge on any atom is 0.168 e. The highest BCUT2D eigenvalue weighted by molar-refractivity contribution is 5.81. The number of fused-ring (bicyclic) bond motifs is 2. The highest BCUT2D eigenvalue weighted by Crippen LogP contribution is 2.63. The lowest BCUT2D eigenvalue weighted by atomic mass is 9.85. The third-order valence-electron chi connectivity index (χ3n) is 7.79. The average molecular weight is 401 g/mol. The van der Waals surface area contributed by atoms with Gasteiger partial charge in [-0.2, -0.15) is 0 Å². The van der Waals surface area contributed by atoms with Gasteiger partial charge < -0.3 is 26.0 Å². The molecule has 5 atom stereocenters. The van der Waals surface area contributed by atoms with Crippen LogP contribution in [0.2, 0.25) is 0 Å². The third kappa shape index (κ3) is 2.10. The minimum Gasteiger partial charge on any atom is -0.382 e. The monoisotopic (exact) mass is 401 g/mol. The smallest absolute Gasteiger partial charge is 0.168 e. The Morgan fingerprint density at radius 2 is 2.00 bits per heavy atom. The molecule has 10 nitrogen and oxygen atoms in total. The first-order chi connectivity index (χ1) is 13.9. The Kier molecular flexibility index (Phi) is 3.49. The van der Waals surface area contributed by atoms with Crippen LogP contribution >= 0.6 is 0 Å². The highest BCUT2D eigenvalue weighted by Gasteiger charge is 2.84. The number of nitrogen functional groups attached to an aromatic ring is 1. The fourth-order valence-corrected chi connectivity index (χ4v) is 6.16. The second kappa shape index (κ2) is 5.64. The van der Waals surface area contributed by atoms with E-state index in [2.05, 4.69) is 25.2 Å². The molecule has 0 amide bonds. The molecule has 156 valence electrons. The number of nitrogens with one attached hydrogen (secondary N) is 1. The van der Waals surface area contributed by atoms with E-state index in [1.807, 2.05) is 0 Å². The minimum absolute atomic E-state index is 0.105. The molecule has 1 spiro atoms. The molecule has 3 aliphatic heterocycles. The lowest BCUT2D eigenvalue weighted by molar-refractivity contribution is -0.155. The standard InChI is InChI=1S/C19H27N7O3/c1-17(27)16(25-10-24-11-14(20)22-9-23-15(11)25)29-13-12(19(13,17)28)26-8-2-3-18(26)4-6-21-7-5-18/h9-10,12-13,16,21,27-28H,2-8H2,1H3,(H2,20,22,23)/t12?,13-,16-,17+,19-/m1/s1. The van der Waals surface area contributed by atoms with Crippen molar-refractivity contribution >= 4 is 17.0 Å². The number of nitrogens with zero attached hydrogens (tertiary/aromatic N) is 5. The molecule has 0 aromatic carbocycles. The molecule has 4 fully saturated rings. The molecule has 10 heteroatoms. The zero-order chi connectivity index (χ0) is 20.0. The number of aliphatic hydroxyl groups is 2. The van der Waals surface area contributed by atoms with Crippen molar-refractivity contribution in [2.75, 3.05) is 25.4 Å². The molecule has 5 N–H and O–H groups in total. The normalized spacial score (nSPS) is 41.3. The zero-order valence-corrected chi connectivity index (χ0v) is 16.5. The Morgan fingerprint density at radius 3 is 2.72 bits per heavy atom. The van der Waals surface area contributed by atoms with Crippen LogP contribution in [0.25, 0.3) is 11.2 Å². The topological polar surface area (TPSA) is 135 Å². The van der Waals surface area contributed by atoms with Gasteiger partial charge in [-0.05, 0) is 52.2 Å². The van der Waals surface area contributed by atoms with E-state index in [-0.39, 0.29) is 17.4 Å². The van der Waals surface area contributed by atoms with Crippen LogP contribution in [-0.4, -0.2) is 83.2 Å². The Bertz CT molecular complexity index is 972.